The Morgan fingerprint density at radius 2 is 1.97 bits per heavy atom. The summed E-state index contributed by atoms with van der Waals surface area (Å²) in [6, 6.07) is 14.1. The summed E-state index contributed by atoms with van der Waals surface area (Å²) in [5.41, 5.74) is 3.82. The molecule has 1 amide bonds. The van der Waals surface area contributed by atoms with Crippen LogP contribution in [-0.2, 0) is 28.8 Å². The SMILES string of the molecule is COc1cccc(CC(=O)N2CCO[C@H](COc3ccc4c(c3)CCCC4)C2)c1. The number of benzene rings is 2. The molecule has 4 rings (SSSR count). The molecule has 0 spiro atoms. The molecule has 0 aromatic heterocycles. The van der Waals surface area contributed by atoms with Crippen LogP contribution in [0.3, 0.4) is 0 Å². The molecule has 1 saturated heterocycles. The van der Waals surface area contributed by atoms with Crippen molar-refractivity contribution in [3.63, 3.8) is 0 Å². The van der Waals surface area contributed by atoms with E-state index < -0.39 is 0 Å². The lowest BCUT2D eigenvalue weighted by atomic mass is 9.92. The average Bonchev–Trinajstić information content (AvgIpc) is 2.78. The van der Waals surface area contributed by atoms with E-state index in [-0.39, 0.29) is 12.0 Å². The van der Waals surface area contributed by atoms with Crippen molar-refractivity contribution >= 4 is 5.91 Å². The Balaban J connectivity index is 1.30. The Morgan fingerprint density at radius 3 is 2.83 bits per heavy atom. The Kier molecular flexibility index (Phi) is 6.35. The van der Waals surface area contributed by atoms with Crippen molar-refractivity contribution in [1.82, 2.24) is 4.90 Å². The van der Waals surface area contributed by atoms with Gasteiger partial charge in [0, 0.05) is 6.54 Å². The van der Waals surface area contributed by atoms with E-state index in [0.717, 1.165) is 23.5 Å². The Labute approximate surface area is 172 Å². The zero-order valence-electron chi connectivity index (χ0n) is 17.1. The molecule has 5 heteroatoms. The smallest absolute Gasteiger partial charge is 0.227 e. The van der Waals surface area contributed by atoms with Gasteiger partial charge in [0.25, 0.3) is 0 Å². The standard InChI is InChI=1S/C24H29NO4/c1-27-21-8-4-5-18(13-21)14-24(26)25-11-12-28-23(16-25)17-29-22-10-9-19-6-2-3-7-20(19)15-22/h4-5,8-10,13,15,23H,2-3,6-7,11-12,14,16-17H2,1H3/t23-/m0/s1. The van der Waals surface area contributed by atoms with Crippen LogP contribution >= 0.6 is 0 Å². The van der Waals surface area contributed by atoms with Crippen molar-refractivity contribution in [2.75, 3.05) is 33.4 Å². The fourth-order valence-corrected chi connectivity index (χ4v) is 4.10. The number of fused-ring (bicyclic) bond motifs is 1. The van der Waals surface area contributed by atoms with E-state index >= 15 is 0 Å². The lowest BCUT2D eigenvalue weighted by molar-refractivity contribution is -0.139. The number of aryl methyl sites for hydroxylation is 2. The number of carbonyl (C=O) groups excluding carboxylic acids is 1. The first-order valence-corrected chi connectivity index (χ1v) is 10.5. The zero-order chi connectivity index (χ0) is 20.1. The number of hydrogen-bond donors (Lipinski definition) is 0. The van der Waals surface area contributed by atoms with Crippen LogP contribution in [0.4, 0.5) is 0 Å². The molecule has 154 valence electrons. The minimum atomic E-state index is -0.103. The molecule has 1 aliphatic heterocycles. The van der Waals surface area contributed by atoms with E-state index in [9.17, 15) is 4.79 Å². The van der Waals surface area contributed by atoms with Gasteiger partial charge in [-0.15, -0.1) is 0 Å². The third-order valence-corrected chi connectivity index (χ3v) is 5.74. The summed E-state index contributed by atoms with van der Waals surface area (Å²) in [5.74, 6) is 1.78. The summed E-state index contributed by atoms with van der Waals surface area (Å²) in [4.78, 5) is 14.6. The molecule has 2 aliphatic rings. The van der Waals surface area contributed by atoms with E-state index in [0.29, 0.717) is 32.7 Å². The summed E-state index contributed by atoms with van der Waals surface area (Å²) in [7, 11) is 1.63. The quantitative estimate of drug-likeness (QED) is 0.752. The normalized spacial score (nSPS) is 18.8. The first-order valence-electron chi connectivity index (χ1n) is 10.5. The van der Waals surface area contributed by atoms with Gasteiger partial charge in [0.1, 0.15) is 24.2 Å². The minimum Gasteiger partial charge on any atom is -0.497 e. The van der Waals surface area contributed by atoms with Crippen LogP contribution in [0.25, 0.3) is 0 Å². The highest BCUT2D eigenvalue weighted by atomic mass is 16.5. The number of ether oxygens (including phenoxy) is 3. The van der Waals surface area contributed by atoms with Gasteiger partial charge in [0.05, 0.1) is 26.7 Å². The third-order valence-electron chi connectivity index (χ3n) is 5.74. The van der Waals surface area contributed by atoms with Gasteiger partial charge in [0.2, 0.25) is 5.91 Å². The number of nitrogens with zero attached hydrogens (tertiary/aromatic N) is 1. The summed E-state index contributed by atoms with van der Waals surface area (Å²) >= 11 is 0. The summed E-state index contributed by atoms with van der Waals surface area (Å²) < 4.78 is 17.1. The topological polar surface area (TPSA) is 48.0 Å². The lowest BCUT2D eigenvalue weighted by Gasteiger charge is -2.33. The molecule has 29 heavy (non-hydrogen) atoms. The highest BCUT2D eigenvalue weighted by molar-refractivity contribution is 5.79. The second-order valence-electron chi connectivity index (χ2n) is 7.81. The molecule has 1 aliphatic carbocycles. The molecule has 0 radical (unpaired) electrons. The van der Waals surface area contributed by atoms with E-state index in [1.165, 1.54) is 30.4 Å². The number of amides is 1. The van der Waals surface area contributed by atoms with Crippen molar-refractivity contribution < 1.29 is 19.0 Å². The molecule has 1 fully saturated rings. The lowest BCUT2D eigenvalue weighted by Crippen LogP contribution is -2.48. The number of methoxy groups -OCH3 is 1. The van der Waals surface area contributed by atoms with Crippen LogP contribution in [0.5, 0.6) is 11.5 Å². The number of carbonyl (C=O) groups is 1. The molecule has 5 nitrogen and oxygen atoms in total. The highest BCUT2D eigenvalue weighted by Crippen LogP contribution is 2.25. The Morgan fingerprint density at radius 1 is 1.10 bits per heavy atom. The first kappa shape index (κ1) is 19.8. The fraction of sp³-hybridized carbons (Fsp3) is 0.458. The Bertz CT molecular complexity index is 851. The molecule has 0 N–H and O–H groups in total. The predicted octanol–water partition coefficient (Wildman–Crippen LogP) is 3.42. The molecule has 2 aromatic carbocycles. The van der Waals surface area contributed by atoms with Gasteiger partial charge in [-0.3, -0.25) is 4.79 Å². The van der Waals surface area contributed by atoms with Crippen LogP contribution < -0.4 is 9.47 Å². The van der Waals surface area contributed by atoms with Gasteiger partial charge < -0.3 is 19.1 Å². The molecule has 0 unspecified atom stereocenters. The van der Waals surface area contributed by atoms with E-state index in [2.05, 4.69) is 18.2 Å². The highest BCUT2D eigenvalue weighted by Gasteiger charge is 2.25. The maximum absolute atomic E-state index is 12.7. The van der Waals surface area contributed by atoms with Crippen molar-refractivity contribution in [3.8, 4) is 11.5 Å². The summed E-state index contributed by atoms with van der Waals surface area (Å²) in [6.45, 7) is 2.19. The second kappa shape index (κ2) is 9.31. The molecule has 0 bridgehead atoms. The van der Waals surface area contributed by atoms with Crippen LogP contribution in [0, 0.1) is 0 Å². The van der Waals surface area contributed by atoms with Gasteiger partial charge in [-0.2, -0.15) is 0 Å². The maximum Gasteiger partial charge on any atom is 0.227 e. The Hall–Kier alpha value is -2.53. The predicted molar refractivity (Wildman–Crippen MR) is 112 cm³/mol. The molecular formula is C24H29NO4. The second-order valence-corrected chi connectivity index (χ2v) is 7.81. The first-order chi connectivity index (χ1) is 14.2. The number of rotatable bonds is 6. The average molecular weight is 395 g/mol. The molecule has 1 atom stereocenters. The number of hydrogen-bond acceptors (Lipinski definition) is 4. The molecule has 1 heterocycles. The molecular weight excluding hydrogens is 366 g/mol. The van der Waals surface area contributed by atoms with E-state index in [1.54, 1.807) is 7.11 Å². The zero-order valence-corrected chi connectivity index (χ0v) is 17.1. The third kappa shape index (κ3) is 5.10. The van der Waals surface area contributed by atoms with E-state index in [4.69, 9.17) is 14.2 Å². The van der Waals surface area contributed by atoms with E-state index in [1.807, 2.05) is 29.2 Å². The van der Waals surface area contributed by atoms with Crippen LogP contribution in [0.1, 0.15) is 29.5 Å². The van der Waals surface area contributed by atoms with Crippen molar-refractivity contribution in [1.29, 1.82) is 0 Å². The largest absolute Gasteiger partial charge is 0.497 e. The van der Waals surface area contributed by atoms with Gasteiger partial charge in [0.15, 0.2) is 0 Å². The monoisotopic (exact) mass is 395 g/mol. The molecule has 2 aromatic rings. The van der Waals surface area contributed by atoms with Crippen molar-refractivity contribution in [2.24, 2.45) is 0 Å². The maximum atomic E-state index is 12.7. The number of morpholine rings is 1. The van der Waals surface area contributed by atoms with Crippen LogP contribution in [-0.4, -0.2) is 50.3 Å². The van der Waals surface area contributed by atoms with Crippen molar-refractivity contribution in [2.45, 2.75) is 38.2 Å². The van der Waals surface area contributed by atoms with Crippen LogP contribution in [0.15, 0.2) is 42.5 Å². The molecule has 0 saturated carbocycles. The van der Waals surface area contributed by atoms with Gasteiger partial charge in [-0.25, -0.2) is 0 Å². The summed E-state index contributed by atoms with van der Waals surface area (Å²) in [5, 5.41) is 0. The fourth-order valence-electron chi connectivity index (χ4n) is 4.10. The summed E-state index contributed by atoms with van der Waals surface area (Å²) in [6.07, 6.45) is 5.12. The van der Waals surface area contributed by atoms with Crippen molar-refractivity contribution in [3.05, 3.63) is 59.2 Å². The minimum absolute atomic E-state index is 0.103. The van der Waals surface area contributed by atoms with Gasteiger partial charge >= 0.3 is 0 Å². The van der Waals surface area contributed by atoms with Crippen LogP contribution in [0.2, 0.25) is 0 Å². The van der Waals surface area contributed by atoms with Gasteiger partial charge in [-0.05, 0) is 66.6 Å². The van der Waals surface area contributed by atoms with Gasteiger partial charge in [-0.1, -0.05) is 18.2 Å².